The molecule has 0 unspecified atom stereocenters. The largest absolute Gasteiger partial charge is 0.303 e. The van der Waals surface area contributed by atoms with Crippen LogP contribution >= 0.6 is 0 Å². The predicted octanol–water partition coefficient (Wildman–Crippen LogP) is 2.59. The Kier molecular flexibility index (Phi) is 5.50. The molecular weight excluding hydrogens is 158 g/mol. The Morgan fingerprint density at radius 2 is 1.92 bits per heavy atom. The molecule has 0 atom stereocenters. The maximum atomic E-state index is 3.24. The van der Waals surface area contributed by atoms with E-state index in [1.54, 1.807) is 0 Å². The zero-order valence-electron chi connectivity index (χ0n) is 9.49. The first-order chi connectivity index (χ1) is 5.92. The molecule has 13 heavy (non-hydrogen) atoms. The first kappa shape index (κ1) is 12.3. The molecule has 0 radical (unpaired) electrons. The van der Waals surface area contributed by atoms with Crippen molar-refractivity contribution in [3.05, 3.63) is 11.6 Å². The molecule has 0 bridgehead atoms. The molecule has 0 amide bonds. The number of allylic oxidation sites excluding steroid dienone is 1. The second kappa shape index (κ2) is 5.83. The summed E-state index contributed by atoms with van der Waals surface area (Å²) in [6.07, 6.45) is 2.17. The Morgan fingerprint density at radius 3 is 2.38 bits per heavy atom. The standard InChI is InChI=1S/C12H21N/c1-11(2)7-10-13-9-6-8-12(3,4)5/h7,13H,9-10H2,1-5H3. The number of rotatable bonds is 3. The molecule has 0 spiro atoms. The van der Waals surface area contributed by atoms with E-state index in [1.807, 2.05) is 0 Å². The van der Waals surface area contributed by atoms with Crippen LogP contribution in [0.1, 0.15) is 34.6 Å². The van der Waals surface area contributed by atoms with Gasteiger partial charge in [0.2, 0.25) is 0 Å². The highest BCUT2D eigenvalue weighted by atomic mass is 14.8. The van der Waals surface area contributed by atoms with Crippen LogP contribution in [0.2, 0.25) is 0 Å². The molecule has 0 aliphatic rings. The minimum absolute atomic E-state index is 0.123. The lowest BCUT2D eigenvalue weighted by atomic mass is 9.98. The monoisotopic (exact) mass is 179 g/mol. The van der Waals surface area contributed by atoms with Crippen molar-refractivity contribution in [2.75, 3.05) is 13.1 Å². The zero-order chi connectivity index (χ0) is 10.3. The van der Waals surface area contributed by atoms with Gasteiger partial charge in [0.15, 0.2) is 0 Å². The van der Waals surface area contributed by atoms with Crippen LogP contribution in [-0.4, -0.2) is 13.1 Å². The van der Waals surface area contributed by atoms with E-state index in [2.05, 4.69) is 57.9 Å². The molecule has 1 heteroatoms. The smallest absolute Gasteiger partial charge is 0.0579 e. The molecule has 0 aliphatic heterocycles. The van der Waals surface area contributed by atoms with Crippen LogP contribution in [0.25, 0.3) is 0 Å². The Hall–Kier alpha value is -0.740. The lowest BCUT2D eigenvalue weighted by Crippen LogP contribution is -2.14. The summed E-state index contributed by atoms with van der Waals surface area (Å²) in [5.74, 6) is 6.29. The van der Waals surface area contributed by atoms with Gasteiger partial charge in [-0.15, -0.1) is 0 Å². The Bertz CT molecular complexity index is 216. The van der Waals surface area contributed by atoms with Crippen molar-refractivity contribution in [1.82, 2.24) is 5.32 Å². The highest BCUT2D eigenvalue weighted by Gasteiger charge is 2.02. The molecule has 0 fully saturated rings. The maximum Gasteiger partial charge on any atom is 0.0579 e. The van der Waals surface area contributed by atoms with Crippen molar-refractivity contribution in [2.45, 2.75) is 34.6 Å². The summed E-state index contributed by atoms with van der Waals surface area (Å²) < 4.78 is 0. The van der Waals surface area contributed by atoms with E-state index in [9.17, 15) is 0 Å². The molecule has 0 aromatic rings. The van der Waals surface area contributed by atoms with Crippen LogP contribution in [0.3, 0.4) is 0 Å². The second-order valence-electron chi connectivity index (χ2n) is 4.46. The van der Waals surface area contributed by atoms with Crippen molar-refractivity contribution in [1.29, 1.82) is 0 Å². The summed E-state index contributed by atoms with van der Waals surface area (Å²) in [5.41, 5.74) is 1.47. The van der Waals surface area contributed by atoms with Crippen molar-refractivity contribution >= 4 is 0 Å². The van der Waals surface area contributed by atoms with Gasteiger partial charge in [-0.05, 0) is 34.6 Å². The van der Waals surface area contributed by atoms with Gasteiger partial charge in [0, 0.05) is 12.0 Å². The fourth-order valence-corrected chi connectivity index (χ4v) is 0.720. The topological polar surface area (TPSA) is 12.0 Å². The lowest BCUT2D eigenvalue weighted by Gasteiger charge is -2.06. The average molecular weight is 179 g/mol. The summed E-state index contributed by atoms with van der Waals surface area (Å²) in [6.45, 7) is 12.3. The van der Waals surface area contributed by atoms with Crippen molar-refractivity contribution in [3.63, 3.8) is 0 Å². The average Bonchev–Trinajstić information content (AvgIpc) is 1.93. The van der Waals surface area contributed by atoms with E-state index in [1.165, 1.54) is 5.57 Å². The molecule has 0 aromatic heterocycles. The van der Waals surface area contributed by atoms with Gasteiger partial charge < -0.3 is 5.32 Å². The third-order valence-electron chi connectivity index (χ3n) is 1.33. The molecule has 1 nitrogen and oxygen atoms in total. The predicted molar refractivity (Wildman–Crippen MR) is 59.5 cm³/mol. The minimum Gasteiger partial charge on any atom is -0.303 e. The Balaban J connectivity index is 3.56. The summed E-state index contributed by atoms with van der Waals surface area (Å²) in [6, 6.07) is 0. The van der Waals surface area contributed by atoms with E-state index in [-0.39, 0.29) is 5.41 Å². The quantitative estimate of drug-likeness (QED) is 0.399. The van der Waals surface area contributed by atoms with Gasteiger partial charge in [-0.25, -0.2) is 0 Å². The molecular formula is C12H21N. The van der Waals surface area contributed by atoms with Gasteiger partial charge in [0.1, 0.15) is 0 Å². The number of hydrogen-bond acceptors (Lipinski definition) is 1. The van der Waals surface area contributed by atoms with E-state index in [0.717, 1.165) is 13.1 Å². The van der Waals surface area contributed by atoms with Crippen molar-refractivity contribution in [2.24, 2.45) is 5.41 Å². The zero-order valence-corrected chi connectivity index (χ0v) is 9.49. The van der Waals surface area contributed by atoms with Gasteiger partial charge in [-0.3, -0.25) is 0 Å². The maximum absolute atomic E-state index is 3.24. The second-order valence-corrected chi connectivity index (χ2v) is 4.46. The highest BCUT2D eigenvalue weighted by molar-refractivity contribution is 5.08. The molecule has 0 aliphatic carbocycles. The highest BCUT2D eigenvalue weighted by Crippen LogP contribution is 2.09. The number of hydrogen-bond donors (Lipinski definition) is 1. The van der Waals surface area contributed by atoms with Crippen LogP contribution in [0.15, 0.2) is 11.6 Å². The Morgan fingerprint density at radius 1 is 1.31 bits per heavy atom. The molecule has 0 saturated heterocycles. The fraction of sp³-hybridized carbons (Fsp3) is 0.667. The first-order valence-corrected chi connectivity index (χ1v) is 4.76. The normalized spacial score (nSPS) is 10.2. The van der Waals surface area contributed by atoms with E-state index >= 15 is 0 Å². The van der Waals surface area contributed by atoms with Crippen molar-refractivity contribution < 1.29 is 0 Å². The molecule has 0 saturated carbocycles. The van der Waals surface area contributed by atoms with Crippen LogP contribution in [0.4, 0.5) is 0 Å². The molecule has 74 valence electrons. The van der Waals surface area contributed by atoms with Gasteiger partial charge in [0.25, 0.3) is 0 Å². The van der Waals surface area contributed by atoms with E-state index < -0.39 is 0 Å². The van der Waals surface area contributed by atoms with E-state index in [4.69, 9.17) is 0 Å². The van der Waals surface area contributed by atoms with Gasteiger partial charge >= 0.3 is 0 Å². The van der Waals surface area contributed by atoms with Gasteiger partial charge in [0.05, 0.1) is 6.54 Å². The van der Waals surface area contributed by atoms with Gasteiger partial charge in [-0.2, -0.15) is 0 Å². The molecule has 0 aromatic carbocycles. The minimum atomic E-state index is 0.123. The van der Waals surface area contributed by atoms with Crippen LogP contribution in [0.5, 0.6) is 0 Å². The fourth-order valence-electron chi connectivity index (χ4n) is 0.720. The van der Waals surface area contributed by atoms with Gasteiger partial charge in [-0.1, -0.05) is 23.5 Å². The van der Waals surface area contributed by atoms with Crippen molar-refractivity contribution in [3.8, 4) is 11.8 Å². The Labute approximate surface area is 82.6 Å². The summed E-state index contributed by atoms with van der Waals surface area (Å²) in [5, 5.41) is 3.24. The molecule has 0 heterocycles. The molecule has 1 N–H and O–H groups in total. The van der Waals surface area contributed by atoms with Crippen LogP contribution in [-0.2, 0) is 0 Å². The lowest BCUT2D eigenvalue weighted by molar-refractivity contribution is 0.570. The summed E-state index contributed by atoms with van der Waals surface area (Å²) in [4.78, 5) is 0. The van der Waals surface area contributed by atoms with Crippen LogP contribution < -0.4 is 5.32 Å². The third kappa shape index (κ3) is 11.3. The number of nitrogens with one attached hydrogen (secondary N) is 1. The molecule has 0 rings (SSSR count). The summed E-state index contributed by atoms with van der Waals surface area (Å²) in [7, 11) is 0. The third-order valence-corrected chi connectivity index (χ3v) is 1.33. The SMILES string of the molecule is CC(C)=CCNCC#CC(C)(C)C. The van der Waals surface area contributed by atoms with Crippen LogP contribution in [0, 0.1) is 17.3 Å². The van der Waals surface area contributed by atoms with E-state index in [0.29, 0.717) is 0 Å². The first-order valence-electron chi connectivity index (χ1n) is 4.76. The summed E-state index contributed by atoms with van der Waals surface area (Å²) >= 11 is 0.